The molecule has 6 nitrogen and oxygen atoms in total. The quantitative estimate of drug-likeness (QED) is 0.844. The van der Waals surface area contributed by atoms with Crippen LogP contribution in [-0.2, 0) is 4.79 Å². The van der Waals surface area contributed by atoms with Crippen LogP contribution >= 0.6 is 0 Å². The molecule has 0 saturated heterocycles. The van der Waals surface area contributed by atoms with Crippen molar-refractivity contribution in [2.45, 2.75) is 32.6 Å². The van der Waals surface area contributed by atoms with E-state index in [1.165, 1.54) is 0 Å². The molecule has 0 saturated carbocycles. The number of hydrogen-bond acceptors (Lipinski definition) is 4. The average molecular weight is 272 g/mol. The van der Waals surface area contributed by atoms with Gasteiger partial charge in [-0.3, -0.25) is 9.20 Å². The maximum Gasteiger partial charge on any atom is 0.307 e. The molecule has 1 aliphatic carbocycles. The Kier molecular flexibility index (Phi) is 3.00. The molecular weight excluding hydrogens is 256 g/mol. The lowest BCUT2D eigenvalue weighted by Gasteiger charge is -2.23. The van der Waals surface area contributed by atoms with Gasteiger partial charge in [0.25, 0.3) is 5.78 Å². The molecule has 1 aliphatic rings. The molecule has 0 aliphatic heterocycles. The summed E-state index contributed by atoms with van der Waals surface area (Å²) in [5, 5.41) is 17.7. The molecule has 0 aromatic carbocycles. The van der Waals surface area contributed by atoms with E-state index in [9.17, 15) is 9.90 Å². The zero-order valence-electron chi connectivity index (χ0n) is 11.4. The number of carbonyl (C=O) groups is 1. The molecule has 3 rings (SSSR count). The Morgan fingerprint density at radius 2 is 2.05 bits per heavy atom. The van der Waals surface area contributed by atoms with E-state index in [1.54, 1.807) is 0 Å². The smallest absolute Gasteiger partial charge is 0.307 e. The second kappa shape index (κ2) is 4.70. The number of carboxylic acids is 1. The Bertz CT molecular complexity index is 705. The van der Waals surface area contributed by atoms with E-state index in [2.05, 4.69) is 15.2 Å². The molecule has 6 heteroatoms. The van der Waals surface area contributed by atoms with Crippen LogP contribution in [0.1, 0.15) is 36.0 Å². The highest BCUT2D eigenvalue weighted by molar-refractivity contribution is 5.71. The number of hydrogen-bond donors (Lipinski definition) is 1. The number of aromatic nitrogens is 4. The number of nitrogens with zero attached hydrogens (tertiary/aromatic N) is 4. The molecular formula is C14H16N4O2. The van der Waals surface area contributed by atoms with Crippen molar-refractivity contribution >= 4 is 11.7 Å². The Balaban J connectivity index is 2.14. The molecule has 0 spiro atoms. The van der Waals surface area contributed by atoms with Crippen molar-refractivity contribution < 1.29 is 9.90 Å². The van der Waals surface area contributed by atoms with Crippen LogP contribution in [0.25, 0.3) is 5.78 Å². The molecule has 0 unspecified atom stereocenters. The van der Waals surface area contributed by atoms with Gasteiger partial charge in [0, 0.05) is 17.3 Å². The maximum atomic E-state index is 11.4. The Hall–Kier alpha value is -2.24. The summed E-state index contributed by atoms with van der Waals surface area (Å²) in [5.41, 5.74) is 1.86. The fraction of sp³-hybridized carbons (Fsp3) is 0.429. The van der Waals surface area contributed by atoms with Gasteiger partial charge in [-0.05, 0) is 32.8 Å². The van der Waals surface area contributed by atoms with Gasteiger partial charge in [-0.25, -0.2) is 4.98 Å². The van der Waals surface area contributed by atoms with Gasteiger partial charge < -0.3 is 5.11 Å². The lowest BCUT2D eigenvalue weighted by molar-refractivity contribution is -0.142. The summed E-state index contributed by atoms with van der Waals surface area (Å²) in [6, 6.07) is 1.95. The average Bonchev–Trinajstić information content (AvgIpc) is 2.82. The third-order valence-corrected chi connectivity index (χ3v) is 3.80. The minimum Gasteiger partial charge on any atom is -0.481 e. The van der Waals surface area contributed by atoms with Crippen LogP contribution in [-0.4, -0.2) is 30.7 Å². The normalized spacial score (nSPS) is 22.3. The summed E-state index contributed by atoms with van der Waals surface area (Å²) in [6.45, 7) is 3.87. The first kappa shape index (κ1) is 12.8. The third-order valence-electron chi connectivity index (χ3n) is 3.80. The number of carboxylic acid groups (broad SMARTS) is 1. The van der Waals surface area contributed by atoms with Gasteiger partial charge in [-0.15, -0.1) is 10.2 Å². The van der Waals surface area contributed by atoms with Crippen LogP contribution in [0, 0.1) is 19.8 Å². The standard InChI is InChI=1S/C14H16N4O2/c1-8-7-9(2)18-12(16-17-14(18)15-8)10-5-3-4-6-11(10)13(19)20/h3-4,7,10-11H,5-6H2,1-2H3,(H,19,20)/t10-,11+/m1/s1. The summed E-state index contributed by atoms with van der Waals surface area (Å²) in [5.74, 6) is -0.157. The highest BCUT2D eigenvalue weighted by Gasteiger charge is 2.33. The van der Waals surface area contributed by atoms with Crippen LogP contribution < -0.4 is 0 Å². The number of aliphatic carboxylic acids is 1. The molecule has 1 N–H and O–H groups in total. The van der Waals surface area contributed by atoms with Gasteiger partial charge >= 0.3 is 5.97 Å². The van der Waals surface area contributed by atoms with Crippen molar-refractivity contribution in [2.75, 3.05) is 0 Å². The third kappa shape index (κ3) is 1.97. The molecule has 2 heterocycles. The fourth-order valence-electron chi connectivity index (χ4n) is 2.87. The molecule has 0 fully saturated rings. The minimum absolute atomic E-state index is 0.157. The molecule has 2 atom stereocenters. The summed E-state index contributed by atoms with van der Waals surface area (Å²) in [7, 11) is 0. The Morgan fingerprint density at radius 3 is 2.80 bits per heavy atom. The number of aryl methyl sites for hydroxylation is 2. The largest absolute Gasteiger partial charge is 0.481 e. The summed E-state index contributed by atoms with van der Waals surface area (Å²) < 4.78 is 1.87. The van der Waals surface area contributed by atoms with Gasteiger partial charge in [0.15, 0.2) is 0 Å². The van der Waals surface area contributed by atoms with Crippen molar-refractivity contribution in [1.29, 1.82) is 0 Å². The Morgan fingerprint density at radius 1 is 1.30 bits per heavy atom. The first-order valence-corrected chi connectivity index (χ1v) is 6.65. The van der Waals surface area contributed by atoms with E-state index < -0.39 is 11.9 Å². The van der Waals surface area contributed by atoms with Crippen LogP contribution in [0.3, 0.4) is 0 Å². The van der Waals surface area contributed by atoms with Crippen molar-refractivity contribution in [2.24, 2.45) is 5.92 Å². The van der Waals surface area contributed by atoms with Crippen molar-refractivity contribution in [1.82, 2.24) is 19.6 Å². The summed E-state index contributed by atoms with van der Waals surface area (Å²) in [6.07, 6.45) is 5.15. The first-order valence-electron chi connectivity index (χ1n) is 6.65. The van der Waals surface area contributed by atoms with Gasteiger partial charge in [-0.2, -0.15) is 0 Å². The van der Waals surface area contributed by atoms with Crippen LogP contribution in [0.4, 0.5) is 0 Å². The summed E-state index contributed by atoms with van der Waals surface area (Å²) in [4.78, 5) is 15.8. The molecule has 0 bridgehead atoms. The molecule has 0 amide bonds. The summed E-state index contributed by atoms with van der Waals surface area (Å²) >= 11 is 0. The molecule has 104 valence electrons. The molecule has 20 heavy (non-hydrogen) atoms. The zero-order valence-corrected chi connectivity index (χ0v) is 11.4. The van der Waals surface area contributed by atoms with Crippen molar-refractivity contribution in [3.63, 3.8) is 0 Å². The van der Waals surface area contributed by atoms with E-state index in [1.807, 2.05) is 36.5 Å². The van der Waals surface area contributed by atoms with Gasteiger partial charge in [-0.1, -0.05) is 12.2 Å². The van der Waals surface area contributed by atoms with Crippen LogP contribution in [0.5, 0.6) is 0 Å². The van der Waals surface area contributed by atoms with Gasteiger partial charge in [0.05, 0.1) is 5.92 Å². The van der Waals surface area contributed by atoms with E-state index >= 15 is 0 Å². The van der Waals surface area contributed by atoms with Crippen molar-refractivity contribution in [3.05, 3.63) is 35.4 Å². The van der Waals surface area contributed by atoms with Gasteiger partial charge in [0.2, 0.25) is 0 Å². The second-order valence-electron chi connectivity index (χ2n) is 5.23. The molecule has 2 aromatic rings. The Labute approximate surface area is 116 Å². The van der Waals surface area contributed by atoms with E-state index in [0.29, 0.717) is 24.4 Å². The van der Waals surface area contributed by atoms with Crippen LogP contribution in [0.15, 0.2) is 18.2 Å². The highest BCUT2D eigenvalue weighted by atomic mass is 16.4. The minimum atomic E-state index is -0.783. The molecule has 2 aromatic heterocycles. The number of allylic oxidation sites excluding steroid dienone is 2. The predicted molar refractivity (Wildman–Crippen MR) is 72.5 cm³/mol. The SMILES string of the molecule is Cc1cc(C)n2c([C@@H]3CC=CC[C@@H]3C(=O)O)nnc2n1. The fourth-order valence-corrected chi connectivity index (χ4v) is 2.87. The predicted octanol–water partition coefficient (Wildman–Crippen LogP) is 1.88. The lowest BCUT2D eigenvalue weighted by atomic mass is 9.82. The molecule has 0 radical (unpaired) electrons. The zero-order chi connectivity index (χ0) is 14.3. The van der Waals surface area contributed by atoms with Gasteiger partial charge in [0.1, 0.15) is 5.82 Å². The second-order valence-corrected chi connectivity index (χ2v) is 5.23. The van der Waals surface area contributed by atoms with E-state index in [0.717, 1.165) is 11.4 Å². The van der Waals surface area contributed by atoms with Crippen LogP contribution in [0.2, 0.25) is 0 Å². The topological polar surface area (TPSA) is 80.4 Å². The monoisotopic (exact) mass is 272 g/mol. The van der Waals surface area contributed by atoms with E-state index in [-0.39, 0.29) is 5.92 Å². The first-order chi connectivity index (χ1) is 9.58. The number of rotatable bonds is 2. The highest BCUT2D eigenvalue weighted by Crippen LogP contribution is 2.34. The van der Waals surface area contributed by atoms with E-state index in [4.69, 9.17) is 0 Å². The lowest BCUT2D eigenvalue weighted by Crippen LogP contribution is -2.25. The number of fused-ring (bicyclic) bond motifs is 1. The van der Waals surface area contributed by atoms with Crippen molar-refractivity contribution in [3.8, 4) is 0 Å². The maximum absolute atomic E-state index is 11.4.